The van der Waals surface area contributed by atoms with Gasteiger partial charge in [-0.3, -0.25) is 14.4 Å². The summed E-state index contributed by atoms with van der Waals surface area (Å²) in [7, 11) is 1.56. The average Bonchev–Trinajstić information content (AvgIpc) is 3.50. The van der Waals surface area contributed by atoms with E-state index in [1.165, 1.54) is 4.68 Å². The molecule has 2 aromatic rings. The summed E-state index contributed by atoms with van der Waals surface area (Å²) < 4.78 is 41.0. The molecule has 0 bridgehead atoms. The molecule has 0 radical (unpaired) electrons. The number of benzene rings is 1. The molecule has 4 rings (SSSR count). The Kier molecular flexibility index (Phi) is 6.59. The molecular formula is C22H29F2N5O3. The molecule has 1 aromatic carbocycles. The maximum Gasteiger partial charge on any atom is 0.276 e. The van der Waals surface area contributed by atoms with Crippen LogP contribution >= 0.6 is 0 Å². The van der Waals surface area contributed by atoms with Gasteiger partial charge < -0.3 is 14.4 Å². The molecule has 2 aliphatic heterocycles. The lowest BCUT2D eigenvalue weighted by Gasteiger charge is -2.24. The third-order valence-corrected chi connectivity index (χ3v) is 5.95. The molecule has 3 heterocycles. The number of halogens is 2. The Balaban J connectivity index is 1.45. The minimum atomic E-state index is -2.78. The highest BCUT2D eigenvalue weighted by Gasteiger charge is 2.45. The number of likely N-dealkylation sites (tertiary alicyclic amines) is 2. The Morgan fingerprint density at radius 2 is 2.03 bits per heavy atom. The standard InChI is InChI=1S/C22H29F2N5O3/c1-3-32-19-7-6-16(10-20(19)31-2)12-28-15-22(23,24)11-17(28)13-29-14-18(25-26-29)21(30)27-8-4-5-9-27/h6-7,10,14,17H,3-5,8-9,11-13,15H2,1-2H3. The van der Waals surface area contributed by atoms with Crippen molar-refractivity contribution in [2.75, 3.05) is 33.4 Å². The zero-order valence-electron chi connectivity index (χ0n) is 18.5. The van der Waals surface area contributed by atoms with Crippen LogP contribution in [0, 0.1) is 0 Å². The monoisotopic (exact) mass is 449 g/mol. The zero-order chi connectivity index (χ0) is 22.7. The fourth-order valence-corrected chi connectivity index (χ4v) is 4.43. The Morgan fingerprint density at radius 1 is 1.25 bits per heavy atom. The van der Waals surface area contributed by atoms with Crippen LogP contribution in [-0.2, 0) is 13.1 Å². The summed E-state index contributed by atoms with van der Waals surface area (Å²) in [5, 5.41) is 8.02. The van der Waals surface area contributed by atoms with Gasteiger partial charge >= 0.3 is 0 Å². The van der Waals surface area contributed by atoms with Crippen LogP contribution in [0.25, 0.3) is 0 Å². The zero-order valence-corrected chi connectivity index (χ0v) is 18.5. The molecule has 0 spiro atoms. The van der Waals surface area contributed by atoms with Crippen LogP contribution in [0.1, 0.15) is 42.2 Å². The number of carbonyl (C=O) groups is 1. The Morgan fingerprint density at radius 3 is 2.75 bits per heavy atom. The summed E-state index contributed by atoms with van der Waals surface area (Å²) in [4.78, 5) is 16.0. The van der Waals surface area contributed by atoms with Gasteiger partial charge in [0.15, 0.2) is 17.2 Å². The van der Waals surface area contributed by atoms with Crippen LogP contribution in [0.15, 0.2) is 24.4 Å². The fraction of sp³-hybridized carbons (Fsp3) is 0.591. The van der Waals surface area contributed by atoms with Gasteiger partial charge in [-0.05, 0) is 37.5 Å². The van der Waals surface area contributed by atoms with E-state index >= 15 is 0 Å². The van der Waals surface area contributed by atoms with E-state index in [1.807, 2.05) is 19.1 Å². The van der Waals surface area contributed by atoms with Crippen molar-refractivity contribution < 1.29 is 23.0 Å². The van der Waals surface area contributed by atoms with Crippen molar-refractivity contribution in [3.05, 3.63) is 35.7 Å². The van der Waals surface area contributed by atoms with Gasteiger partial charge in [-0.2, -0.15) is 0 Å². The van der Waals surface area contributed by atoms with E-state index in [-0.39, 0.29) is 31.1 Å². The molecule has 2 fully saturated rings. The third kappa shape index (κ3) is 5.01. The van der Waals surface area contributed by atoms with Crippen LogP contribution in [0.3, 0.4) is 0 Å². The number of ether oxygens (including phenoxy) is 2. The average molecular weight is 450 g/mol. The number of aromatic nitrogens is 3. The predicted octanol–water partition coefficient (Wildman–Crippen LogP) is 2.83. The van der Waals surface area contributed by atoms with Crippen LogP contribution in [0.2, 0.25) is 0 Å². The van der Waals surface area contributed by atoms with Gasteiger partial charge in [0.2, 0.25) is 0 Å². The number of methoxy groups -OCH3 is 1. The first-order valence-electron chi connectivity index (χ1n) is 11.0. The first-order valence-corrected chi connectivity index (χ1v) is 11.0. The van der Waals surface area contributed by atoms with E-state index in [0.717, 1.165) is 31.5 Å². The summed E-state index contributed by atoms with van der Waals surface area (Å²) in [6.45, 7) is 4.09. The Hall–Kier alpha value is -2.75. The lowest BCUT2D eigenvalue weighted by atomic mass is 10.1. The number of amides is 1. The molecule has 10 heteroatoms. The van der Waals surface area contributed by atoms with Gasteiger partial charge in [-0.15, -0.1) is 5.10 Å². The van der Waals surface area contributed by atoms with Gasteiger partial charge in [0, 0.05) is 32.1 Å². The highest BCUT2D eigenvalue weighted by atomic mass is 19.3. The Bertz CT molecular complexity index is 945. The largest absolute Gasteiger partial charge is 0.493 e. The predicted molar refractivity (Wildman–Crippen MR) is 113 cm³/mol. The van der Waals surface area contributed by atoms with Crippen molar-refractivity contribution in [2.45, 2.75) is 51.2 Å². The minimum Gasteiger partial charge on any atom is -0.493 e. The van der Waals surface area contributed by atoms with Crippen LogP contribution in [0.5, 0.6) is 11.5 Å². The molecule has 32 heavy (non-hydrogen) atoms. The number of alkyl halides is 2. The number of rotatable bonds is 8. The summed E-state index contributed by atoms with van der Waals surface area (Å²) in [5.41, 5.74) is 1.12. The second kappa shape index (κ2) is 9.40. The van der Waals surface area contributed by atoms with Gasteiger partial charge in [0.05, 0.1) is 33.0 Å². The van der Waals surface area contributed by atoms with E-state index in [4.69, 9.17) is 9.47 Å². The molecular weight excluding hydrogens is 420 g/mol. The number of nitrogens with zero attached hydrogens (tertiary/aromatic N) is 5. The van der Waals surface area contributed by atoms with Gasteiger partial charge in [-0.25, -0.2) is 8.78 Å². The summed E-state index contributed by atoms with van der Waals surface area (Å²) >= 11 is 0. The van der Waals surface area contributed by atoms with Crippen LogP contribution in [0.4, 0.5) is 8.78 Å². The molecule has 0 saturated carbocycles. The van der Waals surface area contributed by atoms with E-state index < -0.39 is 12.0 Å². The molecule has 2 saturated heterocycles. The van der Waals surface area contributed by atoms with Crippen molar-refractivity contribution in [2.24, 2.45) is 0 Å². The lowest BCUT2D eigenvalue weighted by molar-refractivity contribution is 0.0113. The highest BCUT2D eigenvalue weighted by molar-refractivity contribution is 5.92. The SMILES string of the molecule is CCOc1ccc(CN2CC(F)(F)CC2Cn2cc(C(=O)N3CCCC3)nn2)cc1OC. The number of hydrogen-bond donors (Lipinski definition) is 0. The molecule has 1 amide bonds. The maximum atomic E-state index is 14.3. The maximum absolute atomic E-state index is 14.3. The highest BCUT2D eigenvalue weighted by Crippen LogP contribution is 2.35. The van der Waals surface area contributed by atoms with E-state index in [0.29, 0.717) is 24.7 Å². The van der Waals surface area contributed by atoms with Gasteiger partial charge in [0.1, 0.15) is 0 Å². The number of hydrogen-bond acceptors (Lipinski definition) is 6. The summed E-state index contributed by atoms with van der Waals surface area (Å²) in [6.07, 6.45) is 3.27. The second-order valence-corrected chi connectivity index (χ2v) is 8.36. The van der Waals surface area contributed by atoms with E-state index in [2.05, 4.69) is 10.3 Å². The number of carbonyl (C=O) groups excluding carboxylic acids is 1. The summed E-state index contributed by atoms with van der Waals surface area (Å²) in [5.74, 6) is -1.73. The van der Waals surface area contributed by atoms with Crippen LogP contribution < -0.4 is 9.47 Å². The molecule has 0 N–H and O–H groups in total. The van der Waals surface area contributed by atoms with Crippen molar-refractivity contribution in [3.8, 4) is 11.5 Å². The molecule has 174 valence electrons. The van der Waals surface area contributed by atoms with Crippen molar-refractivity contribution >= 4 is 5.91 Å². The third-order valence-electron chi connectivity index (χ3n) is 5.95. The molecule has 1 atom stereocenters. The first kappa shape index (κ1) is 22.4. The fourth-order valence-electron chi connectivity index (χ4n) is 4.43. The van der Waals surface area contributed by atoms with Crippen LogP contribution in [-0.4, -0.2) is 76.0 Å². The molecule has 0 aliphatic carbocycles. The topological polar surface area (TPSA) is 72.7 Å². The van der Waals surface area contributed by atoms with Crippen molar-refractivity contribution in [1.82, 2.24) is 24.8 Å². The van der Waals surface area contributed by atoms with Gasteiger partial charge in [0.25, 0.3) is 11.8 Å². The normalized spacial score (nSPS) is 20.6. The second-order valence-electron chi connectivity index (χ2n) is 8.36. The molecule has 1 unspecified atom stereocenters. The molecule has 2 aliphatic rings. The van der Waals surface area contributed by atoms with Crippen molar-refractivity contribution in [1.29, 1.82) is 0 Å². The Labute approximate surface area is 186 Å². The minimum absolute atomic E-state index is 0.149. The smallest absolute Gasteiger partial charge is 0.276 e. The lowest BCUT2D eigenvalue weighted by Crippen LogP contribution is -2.33. The van der Waals surface area contributed by atoms with Gasteiger partial charge in [-0.1, -0.05) is 11.3 Å². The van der Waals surface area contributed by atoms with Crippen molar-refractivity contribution in [3.63, 3.8) is 0 Å². The van der Waals surface area contributed by atoms with E-state index in [1.54, 1.807) is 29.2 Å². The van der Waals surface area contributed by atoms with E-state index in [9.17, 15) is 13.6 Å². The quantitative estimate of drug-likeness (QED) is 0.617. The molecule has 1 aromatic heterocycles. The first-order chi connectivity index (χ1) is 15.4. The molecule has 8 nitrogen and oxygen atoms in total. The summed E-state index contributed by atoms with van der Waals surface area (Å²) in [6, 6.07) is 5.05.